The number of fused-ring (bicyclic) bond motifs is 1. The van der Waals surface area contributed by atoms with Crippen LogP contribution >= 0.6 is 0 Å². The van der Waals surface area contributed by atoms with E-state index in [4.69, 9.17) is 15.2 Å². The molecule has 23 heavy (non-hydrogen) atoms. The topological polar surface area (TPSA) is 83.5 Å². The van der Waals surface area contributed by atoms with E-state index in [-0.39, 0.29) is 12.2 Å². The summed E-state index contributed by atoms with van der Waals surface area (Å²) in [6.45, 7) is 2.83. The molecule has 2 aromatic rings. The van der Waals surface area contributed by atoms with E-state index in [0.717, 1.165) is 25.7 Å². The van der Waals surface area contributed by atoms with Gasteiger partial charge in [-0.05, 0) is 24.6 Å². The van der Waals surface area contributed by atoms with Crippen LogP contribution in [0.5, 0.6) is 11.5 Å². The lowest BCUT2D eigenvalue weighted by atomic mass is 10.1. The van der Waals surface area contributed by atoms with E-state index < -0.39 is 5.56 Å². The Bertz CT molecular complexity index is 752. The minimum Gasteiger partial charge on any atom is -0.489 e. The Kier molecular flexibility index (Phi) is 5.62. The molecule has 0 atom stereocenters. The first kappa shape index (κ1) is 16.9. The molecule has 6 heteroatoms. The minimum atomic E-state index is -0.432. The second-order valence-electron chi connectivity index (χ2n) is 5.42. The number of nitrogens with zero attached hydrogens (tertiary/aromatic N) is 1. The van der Waals surface area contributed by atoms with E-state index in [1.54, 1.807) is 25.2 Å². The lowest BCUT2D eigenvalue weighted by molar-refractivity contribution is -0.120. The van der Waals surface area contributed by atoms with Gasteiger partial charge in [-0.2, -0.15) is 0 Å². The Labute approximate surface area is 134 Å². The van der Waals surface area contributed by atoms with Gasteiger partial charge < -0.3 is 19.8 Å². The first-order valence-corrected chi connectivity index (χ1v) is 7.75. The maximum absolute atomic E-state index is 12.4. The van der Waals surface area contributed by atoms with Crippen molar-refractivity contribution in [1.82, 2.24) is 4.57 Å². The van der Waals surface area contributed by atoms with Gasteiger partial charge >= 0.3 is 0 Å². The number of carbonyl (C=O) groups is 1. The fourth-order valence-corrected chi connectivity index (χ4v) is 2.50. The highest BCUT2D eigenvalue weighted by molar-refractivity contribution is 5.90. The molecule has 0 aliphatic heterocycles. The van der Waals surface area contributed by atoms with Gasteiger partial charge in [-0.1, -0.05) is 26.2 Å². The molecule has 0 fully saturated rings. The molecule has 0 unspecified atom stereocenters. The summed E-state index contributed by atoms with van der Waals surface area (Å²) in [5.41, 5.74) is 6.55. The molecular formula is C17H22N2O4. The van der Waals surface area contributed by atoms with Gasteiger partial charge in [0.2, 0.25) is 5.75 Å². The van der Waals surface area contributed by atoms with E-state index >= 15 is 0 Å². The van der Waals surface area contributed by atoms with Crippen LogP contribution in [0.2, 0.25) is 0 Å². The largest absolute Gasteiger partial charge is 0.489 e. The number of unbranched alkanes of at least 4 members (excludes halogenated alkanes) is 3. The normalized spacial score (nSPS) is 10.7. The van der Waals surface area contributed by atoms with Gasteiger partial charge in [0.05, 0.1) is 12.1 Å². The van der Waals surface area contributed by atoms with Gasteiger partial charge in [0.15, 0.2) is 5.75 Å². The van der Waals surface area contributed by atoms with E-state index in [1.807, 2.05) is 0 Å². The molecule has 2 N–H and O–H groups in total. The summed E-state index contributed by atoms with van der Waals surface area (Å²) < 4.78 is 12.1. The SMILES string of the molecule is CCCCCCOc1c(OC=O)c(=O)n(C)c2cc(N)ccc12. The summed E-state index contributed by atoms with van der Waals surface area (Å²) in [5.74, 6) is 0.210. The van der Waals surface area contributed by atoms with Crippen molar-refractivity contribution in [1.29, 1.82) is 0 Å². The molecule has 0 radical (unpaired) electrons. The van der Waals surface area contributed by atoms with Gasteiger partial charge in [-0.3, -0.25) is 9.59 Å². The number of anilines is 1. The Hall–Kier alpha value is -2.50. The van der Waals surface area contributed by atoms with Crippen molar-refractivity contribution in [3.8, 4) is 11.5 Å². The summed E-state index contributed by atoms with van der Waals surface area (Å²) >= 11 is 0. The molecule has 2 rings (SSSR count). The van der Waals surface area contributed by atoms with Gasteiger partial charge in [-0.15, -0.1) is 0 Å². The molecular weight excluding hydrogens is 296 g/mol. The van der Waals surface area contributed by atoms with Gasteiger partial charge in [-0.25, -0.2) is 0 Å². The van der Waals surface area contributed by atoms with Crippen molar-refractivity contribution < 1.29 is 14.3 Å². The van der Waals surface area contributed by atoms with Crippen molar-refractivity contribution in [3.05, 3.63) is 28.6 Å². The number of benzene rings is 1. The van der Waals surface area contributed by atoms with Crippen molar-refractivity contribution in [2.45, 2.75) is 32.6 Å². The number of nitrogen functional groups attached to an aromatic ring is 1. The molecule has 6 nitrogen and oxygen atoms in total. The van der Waals surface area contributed by atoms with Crippen LogP contribution in [0.4, 0.5) is 5.69 Å². The van der Waals surface area contributed by atoms with Crippen LogP contribution in [0.1, 0.15) is 32.6 Å². The van der Waals surface area contributed by atoms with Crippen molar-refractivity contribution >= 4 is 23.1 Å². The standard InChI is InChI=1S/C17H22N2O4/c1-3-4-5-6-9-22-15-13-8-7-12(18)10-14(13)19(2)17(21)16(15)23-11-20/h7-8,10-11H,3-6,9,18H2,1-2H3. The third-order valence-electron chi connectivity index (χ3n) is 3.74. The third kappa shape index (κ3) is 3.64. The average Bonchev–Trinajstić information content (AvgIpc) is 2.54. The molecule has 0 spiro atoms. The number of hydrogen-bond acceptors (Lipinski definition) is 5. The molecule has 0 saturated heterocycles. The van der Waals surface area contributed by atoms with Gasteiger partial charge in [0, 0.05) is 18.1 Å². The van der Waals surface area contributed by atoms with Crippen LogP contribution in [-0.2, 0) is 11.8 Å². The molecule has 1 aromatic heterocycles. The third-order valence-corrected chi connectivity index (χ3v) is 3.74. The Morgan fingerprint density at radius 3 is 2.70 bits per heavy atom. The lowest BCUT2D eigenvalue weighted by Gasteiger charge is -2.15. The summed E-state index contributed by atoms with van der Waals surface area (Å²) in [6.07, 6.45) is 4.19. The number of pyridine rings is 1. The Balaban J connectivity index is 2.45. The zero-order chi connectivity index (χ0) is 16.8. The fraction of sp³-hybridized carbons (Fsp3) is 0.412. The molecule has 1 aromatic carbocycles. The van der Waals surface area contributed by atoms with Crippen LogP contribution in [-0.4, -0.2) is 17.6 Å². The van der Waals surface area contributed by atoms with E-state index in [2.05, 4.69) is 6.92 Å². The first-order chi connectivity index (χ1) is 11.1. The number of carbonyl (C=O) groups excluding carboxylic acids is 1. The predicted molar refractivity (Wildman–Crippen MR) is 89.9 cm³/mol. The minimum absolute atomic E-state index is 0.0877. The Morgan fingerprint density at radius 2 is 2.00 bits per heavy atom. The smallest absolute Gasteiger partial charge is 0.298 e. The molecule has 124 valence electrons. The second kappa shape index (κ2) is 7.67. The molecule has 1 heterocycles. The van der Waals surface area contributed by atoms with Crippen molar-refractivity contribution in [2.24, 2.45) is 7.05 Å². The summed E-state index contributed by atoms with van der Waals surface area (Å²) in [6, 6.07) is 5.19. The highest BCUT2D eigenvalue weighted by Gasteiger charge is 2.18. The number of aromatic nitrogens is 1. The number of rotatable bonds is 8. The molecule has 0 saturated carbocycles. The van der Waals surface area contributed by atoms with Crippen LogP contribution in [0, 0.1) is 0 Å². The molecule has 0 bridgehead atoms. The van der Waals surface area contributed by atoms with Crippen LogP contribution in [0.15, 0.2) is 23.0 Å². The molecule has 0 aliphatic carbocycles. The first-order valence-electron chi connectivity index (χ1n) is 7.75. The van der Waals surface area contributed by atoms with Crippen LogP contribution in [0.25, 0.3) is 10.9 Å². The number of ether oxygens (including phenoxy) is 2. The lowest BCUT2D eigenvalue weighted by Crippen LogP contribution is -2.21. The van der Waals surface area contributed by atoms with Crippen LogP contribution < -0.4 is 20.8 Å². The number of hydrogen-bond donors (Lipinski definition) is 1. The van der Waals surface area contributed by atoms with E-state index in [0.29, 0.717) is 28.9 Å². The summed E-state index contributed by atoms with van der Waals surface area (Å²) in [7, 11) is 1.60. The molecule has 0 amide bonds. The predicted octanol–water partition coefficient (Wildman–Crippen LogP) is 2.62. The monoisotopic (exact) mass is 318 g/mol. The van der Waals surface area contributed by atoms with E-state index in [9.17, 15) is 9.59 Å². The van der Waals surface area contributed by atoms with Gasteiger partial charge in [0.1, 0.15) is 0 Å². The zero-order valence-corrected chi connectivity index (χ0v) is 13.5. The number of aryl methyl sites for hydroxylation is 1. The zero-order valence-electron chi connectivity index (χ0n) is 13.5. The van der Waals surface area contributed by atoms with Crippen molar-refractivity contribution in [3.63, 3.8) is 0 Å². The highest BCUT2D eigenvalue weighted by atomic mass is 16.5. The summed E-state index contributed by atoms with van der Waals surface area (Å²) in [5, 5.41) is 0.689. The Morgan fingerprint density at radius 1 is 1.22 bits per heavy atom. The molecule has 0 aliphatic rings. The highest BCUT2D eigenvalue weighted by Crippen LogP contribution is 2.33. The number of nitrogens with two attached hydrogens (primary N) is 1. The maximum Gasteiger partial charge on any atom is 0.298 e. The fourth-order valence-electron chi connectivity index (χ4n) is 2.50. The van der Waals surface area contributed by atoms with Crippen molar-refractivity contribution in [2.75, 3.05) is 12.3 Å². The maximum atomic E-state index is 12.4. The summed E-state index contributed by atoms with van der Waals surface area (Å²) in [4.78, 5) is 23.1. The second-order valence-corrected chi connectivity index (χ2v) is 5.42. The van der Waals surface area contributed by atoms with E-state index in [1.165, 1.54) is 4.57 Å². The van der Waals surface area contributed by atoms with Gasteiger partial charge in [0.25, 0.3) is 12.0 Å². The quantitative estimate of drug-likeness (QED) is 0.459. The van der Waals surface area contributed by atoms with Crippen LogP contribution in [0.3, 0.4) is 0 Å². The average molecular weight is 318 g/mol.